The molecule has 0 fully saturated rings. The van der Waals surface area contributed by atoms with Gasteiger partial charge < -0.3 is 4.43 Å². The predicted octanol–water partition coefficient (Wildman–Crippen LogP) is 2.07. The monoisotopic (exact) mass is 218 g/mol. The van der Waals surface area contributed by atoms with Crippen molar-refractivity contribution in [3.63, 3.8) is 0 Å². The van der Waals surface area contributed by atoms with Gasteiger partial charge >= 0.3 is 0 Å². The van der Waals surface area contributed by atoms with E-state index in [1.165, 1.54) is 0 Å². The molecule has 0 spiro atoms. The van der Waals surface area contributed by atoms with Crippen LogP contribution in [0.25, 0.3) is 0 Å². The topological polar surface area (TPSA) is 24.5 Å². The molecule has 0 aliphatic carbocycles. The lowest BCUT2D eigenvalue weighted by atomic mass is 10.2. The Morgan fingerprint density at radius 1 is 1.29 bits per heavy atom. The van der Waals surface area contributed by atoms with Crippen LogP contribution in [-0.4, -0.2) is 40.6 Å². The van der Waals surface area contributed by atoms with Crippen LogP contribution in [0.2, 0.25) is 18.1 Å². The molecule has 0 amide bonds. The van der Waals surface area contributed by atoms with Crippen molar-refractivity contribution in [3.8, 4) is 0 Å². The number of nitrogens with zero attached hydrogens (tertiary/aromatic N) is 1. The number of hydrazine groups is 1. The fourth-order valence-electron chi connectivity index (χ4n) is 0.766. The van der Waals surface area contributed by atoms with Crippen LogP contribution in [0.4, 0.5) is 0 Å². The van der Waals surface area contributed by atoms with Crippen molar-refractivity contribution in [2.75, 3.05) is 27.2 Å². The first kappa shape index (κ1) is 14.1. The van der Waals surface area contributed by atoms with E-state index in [1.54, 1.807) is 0 Å². The SMILES string of the molecule is CNN(C)CCO[Si](C)(C)C(C)(C)C. The van der Waals surface area contributed by atoms with E-state index in [4.69, 9.17) is 4.43 Å². The second-order valence-electron chi connectivity index (χ2n) is 5.25. The second-order valence-corrected chi connectivity index (χ2v) is 10.1. The maximum absolute atomic E-state index is 6.02. The van der Waals surface area contributed by atoms with Crippen LogP contribution in [-0.2, 0) is 4.43 Å². The van der Waals surface area contributed by atoms with Gasteiger partial charge in [0.05, 0.1) is 0 Å². The van der Waals surface area contributed by atoms with Gasteiger partial charge in [-0.3, -0.25) is 5.43 Å². The van der Waals surface area contributed by atoms with Crippen LogP contribution < -0.4 is 5.43 Å². The van der Waals surface area contributed by atoms with Gasteiger partial charge in [0, 0.05) is 20.2 Å². The highest BCUT2D eigenvalue weighted by molar-refractivity contribution is 6.74. The molecule has 0 radical (unpaired) electrons. The molecule has 0 aliphatic rings. The Balaban J connectivity index is 3.89. The summed E-state index contributed by atoms with van der Waals surface area (Å²) in [6, 6.07) is 0. The van der Waals surface area contributed by atoms with Gasteiger partial charge in [-0.1, -0.05) is 20.8 Å². The molecule has 0 rings (SSSR count). The highest BCUT2D eigenvalue weighted by Crippen LogP contribution is 2.36. The number of hydrogen-bond donors (Lipinski definition) is 1. The zero-order valence-electron chi connectivity index (χ0n) is 10.8. The molecule has 0 aromatic carbocycles. The molecule has 0 unspecified atom stereocenters. The lowest BCUT2D eigenvalue weighted by molar-refractivity contribution is 0.189. The summed E-state index contributed by atoms with van der Waals surface area (Å²) in [6.07, 6.45) is 0. The van der Waals surface area contributed by atoms with Crippen molar-refractivity contribution in [1.29, 1.82) is 0 Å². The quantitative estimate of drug-likeness (QED) is 0.565. The fraction of sp³-hybridized carbons (Fsp3) is 1.00. The molecule has 0 saturated heterocycles. The molecular weight excluding hydrogens is 192 g/mol. The molecule has 0 aromatic heterocycles. The average molecular weight is 218 g/mol. The lowest BCUT2D eigenvalue weighted by Crippen LogP contribution is -2.43. The van der Waals surface area contributed by atoms with E-state index < -0.39 is 8.32 Å². The van der Waals surface area contributed by atoms with Gasteiger partial charge in [-0.25, -0.2) is 5.01 Å². The first-order valence-corrected chi connectivity index (χ1v) is 8.14. The van der Waals surface area contributed by atoms with E-state index in [9.17, 15) is 0 Å². The summed E-state index contributed by atoms with van der Waals surface area (Å²) in [5.74, 6) is 0. The lowest BCUT2D eigenvalue weighted by Gasteiger charge is -2.36. The van der Waals surface area contributed by atoms with E-state index in [-0.39, 0.29) is 0 Å². The van der Waals surface area contributed by atoms with Crippen molar-refractivity contribution in [3.05, 3.63) is 0 Å². The van der Waals surface area contributed by atoms with Crippen molar-refractivity contribution in [2.45, 2.75) is 38.9 Å². The first-order chi connectivity index (χ1) is 6.20. The van der Waals surface area contributed by atoms with Crippen LogP contribution in [0, 0.1) is 0 Å². The van der Waals surface area contributed by atoms with E-state index in [0.29, 0.717) is 5.04 Å². The summed E-state index contributed by atoms with van der Waals surface area (Å²) < 4.78 is 6.02. The number of hydrogen-bond acceptors (Lipinski definition) is 3. The van der Waals surface area contributed by atoms with Gasteiger partial charge in [0.2, 0.25) is 0 Å². The van der Waals surface area contributed by atoms with E-state index in [1.807, 2.05) is 19.1 Å². The van der Waals surface area contributed by atoms with Gasteiger partial charge in [0.15, 0.2) is 8.32 Å². The van der Waals surface area contributed by atoms with Crippen molar-refractivity contribution in [2.24, 2.45) is 0 Å². The van der Waals surface area contributed by atoms with Gasteiger partial charge in [-0.05, 0) is 25.2 Å². The van der Waals surface area contributed by atoms with Crippen LogP contribution in [0.5, 0.6) is 0 Å². The molecule has 0 bridgehead atoms. The molecule has 0 atom stereocenters. The summed E-state index contributed by atoms with van der Waals surface area (Å²) in [5, 5.41) is 2.35. The molecule has 1 N–H and O–H groups in total. The third-order valence-electron chi connectivity index (χ3n) is 3.08. The van der Waals surface area contributed by atoms with Crippen molar-refractivity contribution in [1.82, 2.24) is 10.4 Å². The van der Waals surface area contributed by atoms with Crippen molar-refractivity contribution >= 4 is 8.32 Å². The van der Waals surface area contributed by atoms with Gasteiger partial charge in [0.25, 0.3) is 0 Å². The Morgan fingerprint density at radius 2 is 1.79 bits per heavy atom. The van der Waals surface area contributed by atoms with Crippen LogP contribution >= 0.6 is 0 Å². The average Bonchev–Trinajstić information content (AvgIpc) is 2.01. The second kappa shape index (κ2) is 5.26. The molecule has 4 heteroatoms. The Hall–Kier alpha value is 0.0969. The zero-order chi connectivity index (χ0) is 11.4. The standard InChI is InChI=1S/C10H26N2OSi/c1-10(2,3)14(6,7)13-9-8-12(5)11-4/h11H,8-9H2,1-7H3. The molecule has 86 valence electrons. The smallest absolute Gasteiger partial charge is 0.192 e. The van der Waals surface area contributed by atoms with Crippen molar-refractivity contribution < 1.29 is 4.43 Å². The van der Waals surface area contributed by atoms with Gasteiger partial charge in [-0.15, -0.1) is 0 Å². The summed E-state index contributed by atoms with van der Waals surface area (Å²) in [7, 11) is 2.41. The Morgan fingerprint density at radius 3 is 2.14 bits per heavy atom. The largest absolute Gasteiger partial charge is 0.415 e. The molecule has 0 aliphatic heterocycles. The molecule has 0 aromatic rings. The fourth-order valence-corrected chi connectivity index (χ4v) is 1.80. The third-order valence-corrected chi connectivity index (χ3v) is 7.62. The predicted molar refractivity (Wildman–Crippen MR) is 64.8 cm³/mol. The third kappa shape index (κ3) is 4.55. The summed E-state index contributed by atoms with van der Waals surface area (Å²) >= 11 is 0. The molecule has 0 heterocycles. The molecule has 0 saturated carbocycles. The number of likely N-dealkylation sites (N-methyl/N-ethyl adjacent to an activating group) is 1. The molecule has 3 nitrogen and oxygen atoms in total. The Labute approximate surface area is 89.9 Å². The molecule has 14 heavy (non-hydrogen) atoms. The van der Waals surface area contributed by atoms with Gasteiger partial charge in [-0.2, -0.15) is 0 Å². The van der Waals surface area contributed by atoms with Gasteiger partial charge in [0.1, 0.15) is 0 Å². The highest BCUT2D eigenvalue weighted by Gasteiger charge is 2.36. The maximum Gasteiger partial charge on any atom is 0.192 e. The maximum atomic E-state index is 6.02. The highest BCUT2D eigenvalue weighted by atomic mass is 28.4. The number of nitrogens with one attached hydrogen (secondary N) is 1. The number of rotatable bonds is 5. The summed E-state index contributed by atoms with van der Waals surface area (Å²) in [6.45, 7) is 13.1. The van der Waals surface area contributed by atoms with Crippen LogP contribution in [0.3, 0.4) is 0 Å². The minimum Gasteiger partial charge on any atom is -0.415 e. The Kier molecular flexibility index (Phi) is 5.29. The zero-order valence-corrected chi connectivity index (χ0v) is 11.8. The minimum absolute atomic E-state index is 0.311. The molecular formula is C10H26N2OSi. The van der Waals surface area contributed by atoms with E-state index >= 15 is 0 Å². The first-order valence-electron chi connectivity index (χ1n) is 5.23. The summed E-state index contributed by atoms with van der Waals surface area (Å²) in [5.41, 5.74) is 3.06. The van der Waals surface area contributed by atoms with E-state index in [2.05, 4.69) is 39.3 Å². The van der Waals surface area contributed by atoms with Crippen LogP contribution in [0.15, 0.2) is 0 Å². The minimum atomic E-state index is -1.54. The summed E-state index contributed by atoms with van der Waals surface area (Å²) in [4.78, 5) is 0. The normalized spacial score (nSPS) is 13.7. The van der Waals surface area contributed by atoms with Crippen LogP contribution in [0.1, 0.15) is 20.8 Å². The Bertz CT molecular complexity index is 166. The van der Waals surface area contributed by atoms with E-state index in [0.717, 1.165) is 13.2 Å².